The molecule has 4 atom stereocenters. The molecule has 3 heterocycles. The summed E-state index contributed by atoms with van der Waals surface area (Å²) < 4.78 is 28.8. The van der Waals surface area contributed by atoms with Gasteiger partial charge in [0.2, 0.25) is 0 Å². The maximum atomic E-state index is 13.6. The monoisotopic (exact) mass is 535 g/mol. The molecule has 0 fully saturated rings. The summed E-state index contributed by atoms with van der Waals surface area (Å²) in [7, 11) is 3.13. The van der Waals surface area contributed by atoms with Gasteiger partial charge in [-0.2, -0.15) is 0 Å². The van der Waals surface area contributed by atoms with E-state index in [2.05, 4.69) is 22.6 Å². The van der Waals surface area contributed by atoms with Gasteiger partial charge >= 0.3 is 0 Å². The molecule has 3 aliphatic rings. The molecule has 2 aromatic carbocycles. The van der Waals surface area contributed by atoms with E-state index in [1.165, 1.54) is 0 Å². The van der Waals surface area contributed by atoms with Crippen molar-refractivity contribution in [2.45, 2.75) is 34.9 Å². The van der Waals surface area contributed by atoms with Crippen LogP contribution in [0, 0.1) is 0 Å². The molecule has 0 aromatic heterocycles. The van der Waals surface area contributed by atoms with Gasteiger partial charge in [0, 0.05) is 23.6 Å². The van der Waals surface area contributed by atoms with Crippen molar-refractivity contribution in [2.75, 3.05) is 27.4 Å². The van der Waals surface area contributed by atoms with E-state index in [1.54, 1.807) is 32.4 Å². The minimum atomic E-state index is -0.487. The number of halogens is 1. The van der Waals surface area contributed by atoms with Crippen LogP contribution in [0.25, 0.3) is 0 Å². The van der Waals surface area contributed by atoms with Crippen LogP contribution in [0.4, 0.5) is 0 Å². The number of hydrogen-bond donors (Lipinski definition) is 1. The van der Waals surface area contributed by atoms with E-state index in [-0.39, 0.29) is 25.1 Å². The molecule has 5 rings (SSSR count). The summed E-state index contributed by atoms with van der Waals surface area (Å²) >= 11 is 2.22. The molecule has 0 bridgehead atoms. The molecule has 0 radical (unpaired) electrons. The van der Waals surface area contributed by atoms with Crippen molar-refractivity contribution < 1.29 is 33.6 Å². The van der Waals surface area contributed by atoms with Crippen molar-refractivity contribution in [3.05, 3.63) is 41.0 Å². The van der Waals surface area contributed by atoms with E-state index in [4.69, 9.17) is 23.7 Å². The Morgan fingerprint density at radius 3 is 2.61 bits per heavy atom. The number of alkyl halides is 1. The molecule has 0 saturated heterocycles. The average Bonchev–Trinajstić information content (AvgIpc) is 3.23. The Hall–Kier alpha value is -2.20. The van der Waals surface area contributed by atoms with Gasteiger partial charge in [-0.1, -0.05) is 22.6 Å². The number of hydrogen-bond acceptors (Lipinski definition) is 7. The summed E-state index contributed by atoms with van der Waals surface area (Å²) in [5.41, 5.74) is 2.16. The Balaban J connectivity index is 1.55. The molecule has 1 N–H and O–H groups in total. The second-order valence-corrected chi connectivity index (χ2v) is 10.7. The van der Waals surface area contributed by atoms with E-state index >= 15 is 0 Å². The fourth-order valence-corrected chi connectivity index (χ4v) is 4.85. The first kappa shape index (κ1) is 20.7. The van der Waals surface area contributed by atoms with Crippen molar-refractivity contribution in [2.24, 2.45) is 0 Å². The molecule has 0 aliphatic carbocycles. The number of carbonyl (C=O) groups excluding carboxylic acids is 1. The van der Waals surface area contributed by atoms with Crippen LogP contribution in [0.5, 0.6) is 28.7 Å². The second-order valence-electron chi connectivity index (χ2n) is 8.22. The van der Waals surface area contributed by atoms with Crippen molar-refractivity contribution in [3.63, 3.8) is 0 Å². The minimum Gasteiger partial charge on any atom is -0.493 e. The van der Waals surface area contributed by atoms with Crippen molar-refractivity contribution in [3.8, 4) is 28.7 Å². The zero-order valence-corrected chi connectivity index (χ0v) is 19.6. The number of carbonyl (C=O) groups is 1. The summed E-state index contributed by atoms with van der Waals surface area (Å²) in [5, 5.41) is 9.73. The SMILES string of the molecule is COc1cc2c(cc1OC)[C@@H]1C(=O)c3ccc4c(c3O[C@@H]1CO2)C[C@H]([C@@](C)([124I])CO)O4. The summed E-state index contributed by atoms with van der Waals surface area (Å²) in [6, 6.07) is 7.15. The molecule has 0 unspecified atom stereocenters. The Bertz CT molecular complexity index is 1060. The van der Waals surface area contributed by atoms with Crippen LogP contribution in [-0.4, -0.2) is 54.0 Å². The van der Waals surface area contributed by atoms with Crippen LogP contribution in [0.3, 0.4) is 0 Å². The minimum absolute atomic E-state index is 0.00515. The molecule has 7 nitrogen and oxygen atoms in total. The number of Topliss-reactive ketones (excluding diaryl/α,β-unsaturated/α-hetero) is 1. The predicted octanol–water partition coefficient (Wildman–Crippen LogP) is 3.31. The molecule has 0 amide bonds. The van der Waals surface area contributed by atoms with E-state index in [0.29, 0.717) is 40.7 Å². The van der Waals surface area contributed by atoms with Gasteiger partial charge in [-0.3, -0.25) is 4.79 Å². The van der Waals surface area contributed by atoms with Crippen LogP contribution in [0.1, 0.15) is 34.3 Å². The van der Waals surface area contributed by atoms with Crippen molar-refractivity contribution in [1.29, 1.82) is 0 Å². The van der Waals surface area contributed by atoms with Gasteiger partial charge in [-0.25, -0.2) is 0 Å². The van der Waals surface area contributed by atoms with E-state index < -0.39 is 15.4 Å². The predicted molar refractivity (Wildman–Crippen MR) is 121 cm³/mol. The van der Waals surface area contributed by atoms with Crippen molar-refractivity contribution in [1.82, 2.24) is 0 Å². The zero-order valence-electron chi connectivity index (χ0n) is 17.4. The lowest BCUT2D eigenvalue weighted by atomic mass is 9.81. The van der Waals surface area contributed by atoms with E-state index in [1.807, 2.05) is 13.0 Å². The summed E-state index contributed by atoms with van der Waals surface area (Å²) in [5.74, 6) is 2.48. The summed E-state index contributed by atoms with van der Waals surface area (Å²) in [6.45, 7) is 2.20. The van der Waals surface area contributed by atoms with Crippen LogP contribution in [0.15, 0.2) is 24.3 Å². The topological polar surface area (TPSA) is 83.5 Å². The van der Waals surface area contributed by atoms with E-state index in [9.17, 15) is 9.90 Å². The molecule has 3 aliphatic heterocycles. The Morgan fingerprint density at radius 1 is 1.16 bits per heavy atom. The quantitative estimate of drug-likeness (QED) is 0.475. The normalized spacial score (nSPS) is 24.9. The first-order valence-corrected chi connectivity index (χ1v) is 11.2. The number of aliphatic hydroxyl groups is 1. The lowest BCUT2D eigenvalue weighted by Gasteiger charge is -2.37. The molecule has 8 heteroatoms. The average molecular weight is 535 g/mol. The molecule has 164 valence electrons. The summed E-state index contributed by atoms with van der Waals surface area (Å²) in [4.78, 5) is 13.6. The lowest BCUT2D eigenvalue weighted by Crippen LogP contribution is -2.43. The lowest BCUT2D eigenvalue weighted by molar-refractivity contribution is 0.0554. The maximum Gasteiger partial charge on any atom is 0.178 e. The van der Waals surface area contributed by atoms with E-state index in [0.717, 1.165) is 11.1 Å². The van der Waals surface area contributed by atoms with Gasteiger partial charge in [0.15, 0.2) is 17.3 Å². The summed E-state index contributed by atoms with van der Waals surface area (Å²) in [6.07, 6.45) is -0.0675. The molecular weight excluding hydrogens is 512 g/mol. The number of ether oxygens (including phenoxy) is 5. The van der Waals surface area contributed by atoms with Crippen molar-refractivity contribution >= 4 is 28.4 Å². The van der Waals surface area contributed by atoms with Crippen LogP contribution in [-0.2, 0) is 6.42 Å². The molecule has 31 heavy (non-hydrogen) atoms. The van der Waals surface area contributed by atoms with Crippen LogP contribution < -0.4 is 23.7 Å². The van der Waals surface area contributed by atoms with Gasteiger partial charge in [-0.15, -0.1) is 0 Å². The smallest absolute Gasteiger partial charge is 0.178 e. The van der Waals surface area contributed by atoms with Gasteiger partial charge in [-0.05, 0) is 25.1 Å². The fraction of sp³-hybridized carbons (Fsp3) is 0.435. The Morgan fingerprint density at radius 2 is 1.90 bits per heavy atom. The molecule has 0 spiro atoms. The number of aliphatic hydroxyl groups excluding tert-OH is 1. The van der Waals surface area contributed by atoms with Crippen LogP contribution >= 0.6 is 22.6 Å². The van der Waals surface area contributed by atoms with Gasteiger partial charge in [0.25, 0.3) is 0 Å². The maximum absolute atomic E-state index is 13.6. The number of fused-ring (bicyclic) bond motifs is 6. The molecule has 0 saturated carbocycles. The largest absolute Gasteiger partial charge is 0.493 e. The first-order valence-electron chi connectivity index (χ1n) is 10.1. The standard InChI is InChI=1S/C23H23IO7/c1-23(24,10-25)19-7-13-14(30-19)5-4-11-21(26)20-12-6-16(27-2)17(28-3)8-15(12)29-9-18(20)31-22(11)13/h4-6,8,18-20,25H,7,9-10H2,1-3H3/t18-,19-,20+,23+/m1/s1/i24-3. The highest BCUT2D eigenvalue weighted by Gasteiger charge is 2.47. The highest BCUT2D eigenvalue weighted by molar-refractivity contribution is 14.1. The highest BCUT2D eigenvalue weighted by Crippen LogP contribution is 2.50. The number of methoxy groups -OCH3 is 2. The zero-order chi connectivity index (χ0) is 21.9. The third-order valence-corrected chi connectivity index (χ3v) is 7.34. The number of ketones is 1. The van der Waals surface area contributed by atoms with Gasteiger partial charge in [0.05, 0.1) is 35.7 Å². The van der Waals surface area contributed by atoms with Gasteiger partial charge < -0.3 is 28.8 Å². The Kier molecular flexibility index (Phi) is 4.97. The van der Waals surface area contributed by atoms with Crippen LogP contribution in [0.2, 0.25) is 0 Å². The van der Waals surface area contributed by atoms with Gasteiger partial charge in [0.1, 0.15) is 36.1 Å². The third-order valence-electron chi connectivity index (χ3n) is 6.30. The molecular formula is C23H23IO7. The second kappa shape index (κ2) is 7.44. The molecule has 2 aromatic rings. The highest BCUT2D eigenvalue weighted by atomic mass is 124. The number of benzene rings is 2. The third kappa shape index (κ3) is 3.14. The Labute approximate surface area is 193 Å². The fourth-order valence-electron chi connectivity index (χ4n) is 4.50. The number of rotatable bonds is 4. The first-order chi connectivity index (χ1) is 14.9.